The van der Waals surface area contributed by atoms with Crippen LogP contribution in [0.25, 0.3) is 0 Å². The standard InChI is InChI=1S/C11H20N4O2S/c1-11(2,3)15-5-4-9(8-15)14-18(16,17)10-6-12-13-7-10/h6-7,9,14H,4-5,8H2,1-3H3,(H,12,13). The van der Waals surface area contributed by atoms with Gasteiger partial charge in [0.25, 0.3) is 0 Å². The minimum Gasteiger partial charge on any atom is -0.297 e. The van der Waals surface area contributed by atoms with Crippen molar-refractivity contribution in [1.82, 2.24) is 19.8 Å². The predicted octanol–water partition coefficient (Wildman–Crippen LogP) is 0.561. The Morgan fingerprint density at radius 3 is 2.72 bits per heavy atom. The summed E-state index contributed by atoms with van der Waals surface area (Å²) in [5.74, 6) is 0. The zero-order valence-electron chi connectivity index (χ0n) is 11.0. The second-order valence-electron chi connectivity index (χ2n) is 5.66. The van der Waals surface area contributed by atoms with Gasteiger partial charge in [0.1, 0.15) is 4.90 Å². The van der Waals surface area contributed by atoms with E-state index >= 15 is 0 Å². The number of aromatic amines is 1. The van der Waals surface area contributed by atoms with E-state index in [1.807, 2.05) is 0 Å². The van der Waals surface area contributed by atoms with E-state index in [2.05, 4.69) is 40.6 Å². The van der Waals surface area contributed by atoms with Gasteiger partial charge in [-0.1, -0.05) is 0 Å². The molecule has 1 aromatic heterocycles. The van der Waals surface area contributed by atoms with Crippen molar-refractivity contribution in [2.45, 2.75) is 43.7 Å². The number of nitrogens with zero attached hydrogens (tertiary/aromatic N) is 2. The number of sulfonamides is 1. The first-order chi connectivity index (χ1) is 8.29. The highest BCUT2D eigenvalue weighted by molar-refractivity contribution is 7.89. The molecule has 6 nitrogen and oxygen atoms in total. The summed E-state index contributed by atoms with van der Waals surface area (Å²) in [6, 6.07) is -0.0240. The van der Waals surface area contributed by atoms with E-state index in [1.165, 1.54) is 12.4 Å². The van der Waals surface area contributed by atoms with E-state index < -0.39 is 10.0 Å². The van der Waals surface area contributed by atoms with Gasteiger partial charge in [-0.05, 0) is 27.2 Å². The maximum atomic E-state index is 12.0. The molecule has 0 aliphatic carbocycles. The van der Waals surface area contributed by atoms with Gasteiger partial charge in [-0.15, -0.1) is 0 Å². The third kappa shape index (κ3) is 2.90. The molecule has 1 aliphatic rings. The Labute approximate surface area is 108 Å². The molecular formula is C11H20N4O2S. The molecule has 1 atom stereocenters. The molecule has 2 rings (SSSR count). The van der Waals surface area contributed by atoms with Crippen molar-refractivity contribution in [3.63, 3.8) is 0 Å². The molecule has 0 amide bonds. The van der Waals surface area contributed by atoms with E-state index in [1.54, 1.807) is 0 Å². The molecule has 7 heteroatoms. The highest BCUT2D eigenvalue weighted by Crippen LogP contribution is 2.21. The molecule has 0 spiro atoms. The van der Waals surface area contributed by atoms with Crippen molar-refractivity contribution >= 4 is 10.0 Å². The summed E-state index contributed by atoms with van der Waals surface area (Å²) in [6.45, 7) is 8.09. The third-order valence-corrected chi connectivity index (χ3v) is 4.73. The molecule has 0 aromatic carbocycles. The van der Waals surface area contributed by atoms with E-state index in [4.69, 9.17) is 0 Å². The van der Waals surface area contributed by atoms with Crippen LogP contribution in [0.2, 0.25) is 0 Å². The average molecular weight is 272 g/mol. The van der Waals surface area contributed by atoms with Crippen LogP contribution in [0.1, 0.15) is 27.2 Å². The number of nitrogens with one attached hydrogen (secondary N) is 2. The Kier molecular flexibility index (Phi) is 3.48. The van der Waals surface area contributed by atoms with Gasteiger partial charge in [0.2, 0.25) is 10.0 Å². The quantitative estimate of drug-likeness (QED) is 0.843. The normalized spacial score (nSPS) is 22.5. The monoisotopic (exact) mass is 272 g/mol. The minimum absolute atomic E-state index is 0.0240. The van der Waals surface area contributed by atoms with E-state index in [0.717, 1.165) is 19.5 Å². The first kappa shape index (κ1) is 13.5. The highest BCUT2D eigenvalue weighted by atomic mass is 32.2. The summed E-state index contributed by atoms with van der Waals surface area (Å²) in [4.78, 5) is 2.48. The van der Waals surface area contributed by atoms with E-state index in [9.17, 15) is 8.42 Å². The second-order valence-corrected chi connectivity index (χ2v) is 7.37. The second kappa shape index (κ2) is 4.64. The number of hydrogen-bond donors (Lipinski definition) is 2. The van der Waals surface area contributed by atoms with Gasteiger partial charge < -0.3 is 0 Å². The Hall–Kier alpha value is -0.920. The Morgan fingerprint density at radius 2 is 2.22 bits per heavy atom. The lowest BCUT2D eigenvalue weighted by molar-refractivity contribution is 0.172. The van der Waals surface area contributed by atoms with Crippen LogP contribution in [0, 0.1) is 0 Å². The zero-order valence-corrected chi connectivity index (χ0v) is 11.8. The number of H-pyrrole nitrogens is 1. The molecule has 2 heterocycles. The third-order valence-electron chi connectivity index (χ3n) is 3.24. The van der Waals surface area contributed by atoms with Crippen LogP contribution in [0.3, 0.4) is 0 Å². The summed E-state index contributed by atoms with van der Waals surface area (Å²) in [5.41, 5.74) is 0.0792. The van der Waals surface area contributed by atoms with Gasteiger partial charge in [-0.3, -0.25) is 10.00 Å². The average Bonchev–Trinajstić information content (AvgIpc) is 2.83. The minimum atomic E-state index is -3.44. The first-order valence-electron chi connectivity index (χ1n) is 6.05. The zero-order chi connectivity index (χ0) is 13.4. The number of likely N-dealkylation sites (tertiary alicyclic amines) is 1. The fraction of sp³-hybridized carbons (Fsp3) is 0.727. The number of hydrogen-bond acceptors (Lipinski definition) is 4. The van der Waals surface area contributed by atoms with Gasteiger partial charge in [-0.2, -0.15) is 5.10 Å². The summed E-state index contributed by atoms with van der Waals surface area (Å²) in [7, 11) is -3.44. The smallest absolute Gasteiger partial charge is 0.243 e. The number of aromatic nitrogens is 2. The fourth-order valence-corrected chi connectivity index (χ4v) is 3.31. The highest BCUT2D eigenvalue weighted by Gasteiger charge is 2.32. The molecule has 1 aliphatic heterocycles. The van der Waals surface area contributed by atoms with Crippen molar-refractivity contribution in [3.8, 4) is 0 Å². The van der Waals surface area contributed by atoms with Crippen LogP contribution in [0.4, 0.5) is 0 Å². The topological polar surface area (TPSA) is 78.1 Å². The molecule has 1 fully saturated rings. The largest absolute Gasteiger partial charge is 0.297 e. The van der Waals surface area contributed by atoms with Crippen LogP contribution < -0.4 is 4.72 Å². The lowest BCUT2D eigenvalue weighted by atomic mass is 10.1. The maximum absolute atomic E-state index is 12.0. The summed E-state index contributed by atoms with van der Waals surface area (Å²) in [5, 5.41) is 6.18. The Bertz CT molecular complexity index is 490. The summed E-state index contributed by atoms with van der Waals surface area (Å²) >= 11 is 0. The van der Waals surface area contributed by atoms with Crippen LogP contribution in [0.15, 0.2) is 17.3 Å². The summed E-state index contributed by atoms with van der Waals surface area (Å²) in [6.07, 6.45) is 3.55. The van der Waals surface area contributed by atoms with Crippen molar-refractivity contribution < 1.29 is 8.42 Å². The van der Waals surface area contributed by atoms with Gasteiger partial charge >= 0.3 is 0 Å². The van der Waals surface area contributed by atoms with Gasteiger partial charge in [0.05, 0.1) is 6.20 Å². The molecule has 2 N–H and O–H groups in total. The molecular weight excluding hydrogens is 252 g/mol. The lowest BCUT2D eigenvalue weighted by Gasteiger charge is -2.31. The van der Waals surface area contributed by atoms with E-state index in [0.29, 0.717) is 0 Å². The maximum Gasteiger partial charge on any atom is 0.243 e. The molecule has 18 heavy (non-hydrogen) atoms. The predicted molar refractivity (Wildman–Crippen MR) is 68.6 cm³/mol. The Morgan fingerprint density at radius 1 is 1.50 bits per heavy atom. The fourth-order valence-electron chi connectivity index (χ4n) is 2.14. The molecule has 1 aromatic rings. The summed E-state index contributed by atoms with van der Waals surface area (Å²) < 4.78 is 26.8. The van der Waals surface area contributed by atoms with E-state index in [-0.39, 0.29) is 16.5 Å². The van der Waals surface area contributed by atoms with Crippen molar-refractivity contribution in [1.29, 1.82) is 0 Å². The van der Waals surface area contributed by atoms with Crippen LogP contribution >= 0.6 is 0 Å². The molecule has 0 radical (unpaired) electrons. The van der Waals surface area contributed by atoms with Crippen molar-refractivity contribution in [2.24, 2.45) is 0 Å². The van der Waals surface area contributed by atoms with Crippen LogP contribution in [-0.4, -0.2) is 48.2 Å². The van der Waals surface area contributed by atoms with Gasteiger partial charge in [0.15, 0.2) is 0 Å². The molecule has 1 unspecified atom stereocenters. The van der Waals surface area contributed by atoms with Crippen molar-refractivity contribution in [3.05, 3.63) is 12.4 Å². The van der Waals surface area contributed by atoms with Crippen molar-refractivity contribution in [2.75, 3.05) is 13.1 Å². The molecule has 0 bridgehead atoms. The molecule has 102 valence electrons. The lowest BCUT2D eigenvalue weighted by Crippen LogP contribution is -2.43. The van der Waals surface area contributed by atoms with Gasteiger partial charge in [0, 0.05) is 30.9 Å². The Balaban J connectivity index is 2.01. The van der Waals surface area contributed by atoms with Crippen LogP contribution in [0.5, 0.6) is 0 Å². The molecule has 1 saturated heterocycles. The first-order valence-corrected chi connectivity index (χ1v) is 7.53. The van der Waals surface area contributed by atoms with Crippen LogP contribution in [-0.2, 0) is 10.0 Å². The number of rotatable bonds is 3. The molecule has 0 saturated carbocycles. The SMILES string of the molecule is CC(C)(C)N1CCC(NS(=O)(=O)c2cn[nH]c2)C1. The van der Waals surface area contributed by atoms with Gasteiger partial charge in [-0.25, -0.2) is 13.1 Å².